The average Bonchev–Trinajstić information content (AvgIpc) is 3.10. The van der Waals surface area contributed by atoms with Crippen LogP contribution in [0.25, 0.3) is 11.4 Å². The summed E-state index contributed by atoms with van der Waals surface area (Å²) in [7, 11) is 0. The Labute approximate surface area is 117 Å². The van der Waals surface area contributed by atoms with Crippen molar-refractivity contribution in [3.63, 3.8) is 0 Å². The predicted molar refractivity (Wildman–Crippen MR) is 72.6 cm³/mol. The molecule has 6 nitrogen and oxygen atoms in total. The van der Waals surface area contributed by atoms with Gasteiger partial charge >= 0.3 is 0 Å². The Balaban J connectivity index is 1.64. The fourth-order valence-electron chi connectivity index (χ4n) is 2.52. The molecule has 1 saturated heterocycles. The minimum Gasteiger partial charge on any atom is -0.393 e. The summed E-state index contributed by atoms with van der Waals surface area (Å²) in [6.45, 7) is 4.32. The van der Waals surface area contributed by atoms with Crippen molar-refractivity contribution in [3.8, 4) is 11.4 Å². The molecule has 2 aromatic rings. The molecule has 1 N–H and O–H groups in total. The van der Waals surface area contributed by atoms with Crippen molar-refractivity contribution >= 4 is 0 Å². The molecule has 3 rings (SSSR count). The maximum Gasteiger partial charge on any atom is 0.241 e. The van der Waals surface area contributed by atoms with Gasteiger partial charge in [0, 0.05) is 24.5 Å². The summed E-state index contributed by atoms with van der Waals surface area (Å²) in [4.78, 5) is 10.7. The summed E-state index contributed by atoms with van der Waals surface area (Å²) in [6.07, 6.45) is 4.19. The average molecular weight is 274 g/mol. The van der Waals surface area contributed by atoms with Gasteiger partial charge in [0.1, 0.15) is 0 Å². The van der Waals surface area contributed by atoms with Gasteiger partial charge in [0.05, 0.1) is 12.6 Å². The van der Waals surface area contributed by atoms with Gasteiger partial charge in [-0.3, -0.25) is 9.88 Å². The monoisotopic (exact) mass is 274 g/mol. The smallest absolute Gasteiger partial charge is 0.241 e. The van der Waals surface area contributed by atoms with E-state index < -0.39 is 0 Å². The van der Waals surface area contributed by atoms with Gasteiger partial charge in [-0.1, -0.05) is 5.16 Å². The fourth-order valence-corrected chi connectivity index (χ4v) is 2.52. The van der Waals surface area contributed by atoms with Crippen molar-refractivity contribution in [1.29, 1.82) is 0 Å². The third kappa shape index (κ3) is 2.86. The Hall–Kier alpha value is -1.79. The number of aromatic nitrogens is 3. The lowest BCUT2D eigenvalue weighted by Gasteiger charge is -2.15. The first-order valence-electron chi connectivity index (χ1n) is 6.86. The second-order valence-corrected chi connectivity index (χ2v) is 5.28. The van der Waals surface area contributed by atoms with Gasteiger partial charge in [0.15, 0.2) is 0 Å². The summed E-state index contributed by atoms with van der Waals surface area (Å²) in [5.41, 5.74) is 0.853. The number of hydrogen-bond acceptors (Lipinski definition) is 6. The highest BCUT2D eigenvalue weighted by atomic mass is 16.5. The zero-order valence-corrected chi connectivity index (χ0v) is 11.4. The maximum absolute atomic E-state index is 9.60. The van der Waals surface area contributed by atoms with Crippen LogP contribution in [0.4, 0.5) is 0 Å². The van der Waals surface area contributed by atoms with Crippen molar-refractivity contribution in [3.05, 3.63) is 30.4 Å². The Kier molecular flexibility index (Phi) is 3.75. The molecule has 0 aromatic carbocycles. The van der Waals surface area contributed by atoms with Crippen LogP contribution in [0, 0.1) is 5.92 Å². The van der Waals surface area contributed by atoms with Gasteiger partial charge in [0.2, 0.25) is 11.7 Å². The Morgan fingerprint density at radius 3 is 3.15 bits per heavy atom. The summed E-state index contributed by atoms with van der Waals surface area (Å²) in [6, 6.07) is 3.75. The van der Waals surface area contributed by atoms with Gasteiger partial charge in [-0.25, -0.2) is 0 Å². The first-order chi connectivity index (χ1) is 9.72. The number of hydrogen-bond donors (Lipinski definition) is 1. The minimum atomic E-state index is -0.256. The highest BCUT2D eigenvalue weighted by molar-refractivity contribution is 5.51. The number of nitrogens with zero attached hydrogens (tertiary/aromatic N) is 4. The molecule has 1 aliphatic heterocycles. The topological polar surface area (TPSA) is 75.3 Å². The first kappa shape index (κ1) is 13.2. The number of aliphatic hydroxyl groups excluding tert-OH is 1. The van der Waals surface area contributed by atoms with E-state index in [4.69, 9.17) is 4.52 Å². The largest absolute Gasteiger partial charge is 0.393 e. The lowest BCUT2D eigenvalue weighted by molar-refractivity contribution is 0.125. The fraction of sp³-hybridized carbons (Fsp3) is 0.500. The van der Waals surface area contributed by atoms with E-state index in [1.54, 1.807) is 12.4 Å². The van der Waals surface area contributed by atoms with Crippen LogP contribution in [0.2, 0.25) is 0 Å². The van der Waals surface area contributed by atoms with E-state index in [1.807, 2.05) is 19.1 Å². The first-order valence-corrected chi connectivity index (χ1v) is 6.86. The van der Waals surface area contributed by atoms with Crippen LogP contribution in [0.3, 0.4) is 0 Å². The third-order valence-electron chi connectivity index (χ3n) is 3.74. The second kappa shape index (κ2) is 5.68. The molecule has 2 atom stereocenters. The SMILES string of the molecule is CC(O)C1CCN(Cc2nc(-c3cccnc3)no2)C1. The summed E-state index contributed by atoms with van der Waals surface area (Å²) < 4.78 is 5.28. The predicted octanol–water partition coefficient (Wildman–Crippen LogP) is 1.33. The summed E-state index contributed by atoms with van der Waals surface area (Å²) in [5.74, 6) is 1.52. The van der Waals surface area contributed by atoms with Gasteiger partial charge in [-0.05, 0) is 37.9 Å². The number of rotatable bonds is 4. The summed E-state index contributed by atoms with van der Waals surface area (Å²) >= 11 is 0. The van der Waals surface area contributed by atoms with Crippen LogP contribution >= 0.6 is 0 Å². The van der Waals surface area contributed by atoms with Crippen LogP contribution < -0.4 is 0 Å². The molecule has 6 heteroatoms. The molecule has 0 radical (unpaired) electrons. The molecular formula is C14H18N4O2. The third-order valence-corrected chi connectivity index (χ3v) is 3.74. The molecule has 0 amide bonds. The molecule has 2 aromatic heterocycles. The standard InChI is InChI=1S/C14H18N4O2/c1-10(19)12-4-6-18(8-12)9-13-16-14(17-20-13)11-3-2-5-15-7-11/h2-3,5,7,10,12,19H,4,6,8-9H2,1H3. The van der Waals surface area contributed by atoms with E-state index in [0.29, 0.717) is 24.2 Å². The number of aliphatic hydroxyl groups is 1. The molecule has 0 aliphatic carbocycles. The quantitative estimate of drug-likeness (QED) is 0.906. The molecule has 0 saturated carbocycles. The Bertz CT molecular complexity index is 555. The Morgan fingerprint density at radius 2 is 2.45 bits per heavy atom. The van der Waals surface area contributed by atoms with Crippen LogP contribution in [0.1, 0.15) is 19.2 Å². The van der Waals surface area contributed by atoms with E-state index >= 15 is 0 Å². The van der Waals surface area contributed by atoms with Crippen molar-refractivity contribution in [2.24, 2.45) is 5.92 Å². The van der Waals surface area contributed by atoms with Crippen LogP contribution in [0.15, 0.2) is 29.0 Å². The molecular weight excluding hydrogens is 256 g/mol. The maximum atomic E-state index is 9.60. The van der Waals surface area contributed by atoms with Gasteiger partial charge in [0.25, 0.3) is 0 Å². The highest BCUT2D eigenvalue weighted by Crippen LogP contribution is 2.22. The molecule has 2 unspecified atom stereocenters. The molecule has 0 bridgehead atoms. The van der Waals surface area contributed by atoms with E-state index in [0.717, 1.165) is 25.1 Å². The van der Waals surface area contributed by atoms with Crippen molar-refractivity contribution in [2.75, 3.05) is 13.1 Å². The lowest BCUT2D eigenvalue weighted by atomic mass is 10.0. The van der Waals surface area contributed by atoms with Crippen molar-refractivity contribution in [2.45, 2.75) is 26.0 Å². The lowest BCUT2D eigenvalue weighted by Crippen LogP contribution is -2.24. The summed E-state index contributed by atoms with van der Waals surface area (Å²) in [5, 5.41) is 13.6. The molecule has 1 fully saturated rings. The zero-order valence-electron chi connectivity index (χ0n) is 11.4. The van der Waals surface area contributed by atoms with Gasteiger partial charge in [-0.2, -0.15) is 4.98 Å². The molecule has 106 valence electrons. The zero-order chi connectivity index (χ0) is 13.9. The van der Waals surface area contributed by atoms with E-state index in [1.165, 1.54) is 0 Å². The Morgan fingerprint density at radius 1 is 1.55 bits per heavy atom. The van der Waals surface area contributed by atoms with Crippen LogP contribution in [-0.2, 0) is 6.54 Å². The molecule has 20 heavy (non-hydrogen) atoms. The molecule has 3 heterocycles. The van der Waals surface area contributed by atoms with Gasteiger partial charge in [-0.15, -0.1) is 0 Å². The van der Waals surface area contributed by atoms with Crippen molar-refractivity contribution < 1.29 is 9.63 Å². The van der Waals surface area contributed by atoms with Crippen LogP contribution in [-0.4, -0.2) is 44.3 Å². The number of likely N-dealkylation sites (tertiary alicyclic amines) is 1. The minimum absolute atomic E-state index is 0.256. The second-order valence-electron chi connectivity index (χ2n) is 5.28. The number of pyridine rings is 1. The normalized spacial score (nSPS) is 21.2. The van der Waals surface area contributed by atoms with E-state index in [2.05, 4.69) is 20.0 Å². The van der Waals surface area contributed by atoms with E-state index in [-0.39, 0.29) is 6.10 Å². The molecule has 0 spiro atoms. The highest BCUT2D eigenvalue weighted by Gasteiger charge is 2.27. The van der Waals surface area contributed by atoms with E-state index in [9.17, 15) is 5.11 Å². The van der Waals surface area contributed by atoms with Crippen molar-refractivity contribution in [1.82, 2.24) is 20.0 Å². The molecule has 1 aliphatic rings. The van der Waals surface area contributed by atoms with Gasteiger partial charge < -0.3 is 9.63 Å². The van der Waals surface area contributed by atoms with Crippen LogP contribution in [0.5, 0.6) is 0 Å².